The Hall–Kier alpha value is -1.96. The second-order valence-electron chi connectivity index (χ2n) is 3.62. The maximum Gasteiger partial charge on any atom is 0.445 e. The zero-order valence-corrected chi connectivity index (χ0v) is 10.3. The van der Waals surface area contributed by atoms with E-state index in [1.165, 1.54) is 0 Å². The highest BCUT2D eigenvalue weighted by Crippen LogP contribution is 2.32. The minimum Gasteiger partial charge on any atom is -0.300 e. The van der Waals surface area contributed by atoms with Gasteiger partial charge in [-0.3, -0.25) is 4.79 Å². The Kier molecular flexibility index (Phi) is 3.79. The Morgan fingerprint density at radius 2 is 1.89 bits per heavy atom. The topological polar surface area (TPSA) is 54.9 Å². The first-order valence-corrected chi connectivity index (χ1v) is 6.01. The molecule has 0 bridgehead atoms. The number of carbonyl (C=O) groups is 1. The van der Waals surface area contributed by atoms with Crippen molar-refractivity contribution in [2.24, 2.45) is 0 Å². The molecule has 0 radical (unpaired) electrons. The molecule has 1 aromatic carbocycles. The standard InChI is InChI=1S/C11H8F3N3OS/c12-11(13,14)9-16-17-10(19-9)15-8(18)6-7-4-2-1-3-5-7/h1-5H,6H2,(H,15,17,18). The highest BCUT2D eigenvalue weighted by Gasteiger charge is 2.35. The first-order valence-electron chi connectivity index (χ1n) is 5.19. The van der Waals surface area contributed by atoms with Gasteiger partial charge in [-0.25, -0.2) is 0 Å². The van der Waals surface area contributed by atoms with Crippen LogP contribution in [0.15, 0.2) is 30.3 Å². The molecule has 0 fully saturated rings. The van der Waals surface area contributed by atoms with Crippen LogP contribution in [-0.4, -0.2) is 16.1 Å². The van der Waals surface area contributed by atoms with Crippen LogP contribution in [0.4, 0.5) is 18.3 Å². The van der Waals surface area contributed by atoms with Gasteiger partial charge in [0, 0.05) is 0 Å². The normalized spacial score (nSPS) is 11.3. The van der Waals surface area contributed by atoms with Gasteiger partial charge in [0.1, 0.15) is 0 Å². The number of nitrogens with one attached hydrogen (secondary N) is 1. The minimum absolute atomic E-state index is 0.0712. The smallest absolute Gasteiger partial charge is 0.300 e. The zero-order valence-electron chi connectivity index (χ0n) is 9.44. The Morgan fingerprint density at radius 3 is 2.47 bits per heavy atom. The van der Waals surface area contributed by atoms with Gasteiger partial charge in [-0.05, 0) is 5.56 Å². The number of halogens is 3. The summed E-state index contributed by atoms with van der Waals surface area (Å²) < 4.78 is 36.8. The lowest BCUT2D eigenvalue weighted by atomic mass is 10.1. The number of nitrogens with zero attached hydrogens (tertiary/aromatic N) is 2. The fourth-order valence-electron chi connectivity index (χ4n) is 1.33. The monoisotopic (exact) mass is 287 g/mol. The molecule has 0 aliphatic carbocycles. The lowest BCUT2D eigenvalue weighted by molar-refractivity contribution is -0.138. The van der Waals surface area contributed by atoms with E-state index in [1.54, 1.807) is 24.3 Å². The number of hydrogen-bond donors (Lipinski definition) is 1. The van der Waals surface area contributed by atoms with E-state index in [1.807, 2.05) is 6.07 Å². The molecule has 1 aromatic heterocycles. The van der Waals surface area contributed by atoms with E-state index in [2.05, 4.69) is 15.5 Å². The van der Waals surface area contributed by atoms with Gasteiger partial charge in [0.25, 0.3) is 0 Å². The van der Waals surface area contributed by atoms with Crippen LogP contribution >= 0.6 is 11.3 Å². The van der Waals surface area contributed by atoms with Crippen molar-refractivity contribution >= 4 is 22.4 Å². The van der Waals surface area contributed by atoms with Gasteiger partial charge < -0.3 is 5.32 Å². The van der Waals surface area contributed by atoms with Crippen LogP contribution in [-0.2, 0) is 17.4 Å². The van der Waals surface area contributed by atoms with Gasteiger partial charge in [-0.1, -0.05) is 41.7 Å². The average Bonchev–Trinajstić information content (AvgIpc) is 2.78. The summed E-state index contributed by atoms with van der Waals surface area (Å²) in [5.41, 5.74) is 0.764. The molecular formula is C11H8F3N3OS. The molecule has 19 heavy (non-hydrogen) atoms. The molecule has 0 aliphatic rings. The highest BCUT2D eigenvalue weighted by molar-refractivity contribution is 7.15. The minimum atomic E-state index is -4.54. The van der Waals surface area contributed by atoms with Crippen LogP contribution in [0.25, 0.3) is 0 Å². The molecule has 2 aromatic rings. The van der Waals surface area contributed by atoms with Crippen LogP contribution in [0, 0.1) is 0 Å². The number of hydrogen-bond acceptors (Lipinski definition) is 4. The number of alkyl halides is 3. The Morgan fingerprint density at radius 1 is 1.21 bits per heavy atom. The largest absolute Gasteiger partial charge is 0.445 e. The number of rotatable bonds is 3. The predicted octanol–water partition coefficient (Wildman–Crippen LogP) is 2.74. The van der Waals surface area contributed by atoms with Crippen LogP contribution in [0.1, 0.15) is 10.6 Å². The molecule has 4 nitrogen and oxygen atoms in total. The van der Waals surface area contributed by atoms with Gasteiger partial charge in [0.15, 0.2) is 0 Å². The maximum atomic E-state index is 12.3. The van der Waals surface area contributed by atoms with E-state index in [0.717, 1.165) is 5.56 Å². The van der Waals surface area contributed by atoms with E-state index >= 15 is 0 Å². The molecular weight excluding hydrogens is 279 g/mol. The first kappa shape index (κ1) is 13.5. The van der Waals surface area contributed by atoms with Gasteiger partial charge in [-0.2, -0.15) is 13.2 Å². The summed E-state index contributed by atoms with van der Waals surface area (Å²) in [6, 6.07) is 8.86. The second-order valence-corrected chi connectivity index (χ2v) is 4.60. The highest BCUT2D eigenvalue weighted by atomic mass is 32.1. The lowest BCUT2D eigenvalue weighted by Gasteiger charge is -2.01. The third-order valence-electron chi connectivity index (χ3n) is 2.12. The number of carbonyl (C=O) groups excluding carboxylic acids is 1. The number of benzene rings is 1. The first-order chi connectivity index (χ1) is 8.95. The van der Waals surface area contributed by atoms with Gasteiger partial charge >= 0.3 is 6.18 Å². The van der Waals surface area contributed by atoms with E-state index in [9.17, 15) is 18.0 Å². The molecule has 0 aliphatic heterocycles. The van der Waals surface area contributed by atoms with Gasteiger partial charge in [0.2, 0.25) is 16.0 Å². The molecule has 2 rings (SSSR count). The summed E-state index contributed by atoms with van der Waals surface area (Å²) in [7, 11) is 0. The third kappa shape index (κ3) is 3.75. The Balaban J connectivity index is 1.98. The molecule has 100 valence electrons. The third-order valence-corrected chi connectivity index (χ3v) is 3.00. The van der Waals surface area contributed by atoms with Crippen molar-refractivity contribution in [3.63, 3.8) is 0 Å². The molecule has 1 amide bonds. The summed E-state index contributed by atoms with van der Waals surface area (Å²) >= 11 is 0.300. The fraction of sp³-hybridized carbons (Fsp3) is 0.182. The Labute approximate surface area is 110 Å². The van der Waals surface area contributed by atoms with Crippen molar-refractivity contribution in [1.29, 1.82) is 0 Å². The maximum absolute atomic E-state index is 12.3. The van der Waals surface area contributed by atoms with Crippen LogP contribution < -0.4 is 5.32 Å². The van der Waals surface area contributed by atoms with E-state index in [4.69, 9.17) is 0 Å². The summed E-state index contributed by atoms with van der Waals surface area (Å²) in [5.74, 6) is -0.434. The molecule has 0 saturated carbocycles. The van der Waals surface area contributed by atoms with E-state index in [-0.39, 0.29) is 11.6 Å². The molecule has 1 heterocycles. The average molecular weight is 287 g/mol. The quantitative estimate of drug-likeness (QED) is 0.944. The van der Waals surface area contributed by atoms with Gasteiger partial charge in [0.05, 0.1) is 6.42 Å². The SMILES string of the molecule is O=C(Cc1ccccc1)Nc1nnc(C(F)(F)F)s1. The predicted molar refractivity (Wildman–Crippen MR) is 63.7 cm³/mol. The fourth-order valence-corrected chi connectivity index (χ4v) is 1.96. The van der Waals surface area contributed by atoms with Gasteiger partial charge in [-0.15, -0.1) is 10.2 Å². The van der Waals surface area contributed by atoms with E-state index in [0.29, 0.717) is 11.3 Å². The zero-order chi connectivity index (χ0) is 13.9. The van der Waals surface area contributed by atoms with Crippen LogP contribution in [0.2, 0.25) is 0 Å². The molecule has 0 atom stereocenters. The molecule has 0 unspecified atom stereocenters. The number of anilines is 1. The molecule has 1 N–H and O–H groups in total. The summed E-state index contributed by atoms with van der Waals surface area (Å²) in [4.78, 5) is 11.6. The van der Waals surface area contributed by atoms with E-state index < -0.39 is 17.1 Å². The number of amides is 1. The van der Waals surface area contributed by atoms with Crippen molar-refractivity contribution in [2.75, 3.05) is 5.32 Å². The molecule has 0 spiro atoms. The van der Waals surface area contributed by atoms with Crippen molar-refractivity contribution in [3.05, 3.63) is 40.9 Å². The second kappa shape index (κ2) is 5.35. The summed E-state index contributed by atoms with van der Waals surface area (Å²) in [5, 5.41) is 7.31. The van der Waals surface area contributed by atoms with Crippen molar-refractivity contribution in [3.8, 4) is 0 Å². The summed E-state index contributed by atoms with van der Waals surface area (Å²) in [6.45, 7) is 0. The Bertz CT molecular complexity index is 568. The van der Waals surface area contributed by atoms with Crippen LogP contribution in [0.3, 0.4) is 0 Å². The molecule has 8 heteroatoms. The lowest BCUT2D eigenvalue weighted by Crippen LogP contribution is -2.14. The van der Waals surface area contributed by atoms with Crippen molar-refractivity contribution in [2.45, 2.75) is 12.6 Å². The van der Waals surface area contributed by atoms with Crippen molar-refractivity contribution < 1.29 is 18.0 Å². The summed E-state index contributed by atoms with van der Waals surface area (Å²) in [6.07, 6.45) is -4.47. The number of aromatic nitrogens is 2. The molecule has 0 saturated heterocycles. The van der Waals surface area contributed by atoms with Crippen LogP contribution in [0.5, 0.6) is 0 Å². The van der Waals surface area contributed by atoms with Crippen molar-refractivity contribution in [1.82, 2.24) is 10.2 Å².